The predicted octanol–water partition coefficient (Wildman–Crippen LogP) is 8.43. The molecule has 1 N–H and O–H groups in total. The quantitative estimate of drug-likeness (QED) is 0.0931. The van der Waals surface area contributed by atoms with Crippen LogP contribution in [0.3, 0.4) is 0 Å². The topological polar surface area (TPSA) is 163 Å². The summed E-state index contributed by atoms with van der Waals surface area (Å²) in [6, 6.07) is 16.9. The third-order valence-electron chi connectivity index (χ3n) is 10.3. The summed E-state index contributed by atoms with van der Waals surface area (Å²) in [5.74, 6) is -0.940. The van der Waals surface area contributed by atoms with Gasteiger partial charge in [0.15, 0.2) is 0 Å². The van der Waals surface area contributed by atoms with Crippen LogP contribution in [0.1, 0.15) is 58.5 Å². The van der Waals surface area contributed by atoms with Gasteiger partial charge in [-0.1, -0.05) is 13.8 Å². The van der Waals surface area contributed by atoms with E-state index in [4.69, 9.17) is 4.74 Å². The molecule has 20 heteroatoms. The number of hydrogen-bond acceptors (Lipinski definition) is 10. The summed E-state index contributed by atoms with van der Waals surface area (Å²) < 4.78 is 82.3. The van der Waals surface area contributed by atoms with Gasteiger partial charge in [0.1, 0.15) is 11.5 Å². The number of ether oxygens (including phenoxy) is 1. The number of aromatic hydroxyl groups is 1. The fraction of sp³-hybridized carbons (Fsp3) is 0.366. The Labute approximate surface area is 345 Å². The van der Waals surface area contributed by atoms with Crippen molar-refractivity contribution in [2.45, 2.75) is 45.1 Å². The zero-order valence-electron chi connectivity index (χ0n) is 33.0. The number of hydrogen-bond donors (Lipinski definition) is 1. The number of phenolic OH excluding ortho intramolecular Hbond substituents is 1. The lowest BCUT2D eigenvalue weighted by Crippen LogP contribution is -2.48. The second-order valence-electron chi connectivity index (χ2n) is 14.1. The van der Waals surface area contributed by atoms with Crippen molar-refractivity contribution in [2.24, 2.45) is 0 Å². The zero-order chi connectivity index (χ0) is 44.6. The highest BCUT2D eigenvalue weighted by molar-refractivity contribution is 5.98. The number of nitro benzene ring substituents is 2. The molecule has 0 saturated carbocycles. The third kappa shape index (κ3) is 11.4. The van der Waals surface area contributed by atoms with Crippen molar-refractivity contribution in [2.75, 3.05) is 62.2 Å². The molecule has 2 aliphatic rings. The van der Waals surface area contributed by atoms with Crippen LogP contribution in [-0.2, 0) is 12.4 Å². The van der Waals surface area contributed by atoms with Crippen molar-refractivity contribution < 1.29 is 55.6 Å². The highest BCUT2D eigenvalue weighted by Crippen LogP contribution is 2.33. The van der Waals surface area contributed by atoms with Crippen LogP contribution in [0.25, 0.3) is 0 Å². The van der Waals surface area contributed by atoms with Gasteiger partial charge >= 0.3 is 12.4 Å². The second kappa shape index (κ2) is 19.2. The van der Waals surface area contributed by atoms with Crippen LogP contribution in [0.15, 0.2) is 84.9 Å². The van der Waals surface area contributed by atoms with E-state index in [-0.39, 0.29) is 53.4 Å². The number of anilines is 2. The number of carbonyl (C=O) groups excluding carboxylic acids is 2. The van der Waals surface area contributed by atoms with E-state index < -0.39 is 39.2 Å². The largest absolute Gasteiger partial charge is 0.507 e. The van der Waals surface area contributed by atoms with E-state index in [1.165, 1.54) is 47.4 Å². The number of amides is 2. The van der Waals surface area contributed by atoms with Crippen LogP contribution < -0.4 is 14.5 Å². The maximum atomic E-state index is 13.2. The van der Waals surface area contributed by atoms with Crippen LogP contribution >= 0.6 is 0 Å². The lowest BCUT2D eigenvalue weighted by molar-refractivity contribution is -0.385. The van der Waals surface area contributed by atoms with E-state index in [0.29, 0.717) is 56.4 Å². The number of nitro groups is 2. The average Bonchev–Trinajstić information content (AvgIpc) is 3.25. The van der Waals surface area contributed by atoms with Crippen LogP contribution in [0, 0.1) is 20.2 Å². The van der Waals surface area contributed by atoms with Gasteiger partial charge in [-0.2, -0.15) is 26.3 Å². The highest BCUT2D eigenvalue weighted by Gasteiger charge is 2.33. The van der Waals surface area contributed by atoms with Gasteiger partial charge < -0.3 is 29.4 Å². The Morgan fingerprint density at radius 1 is 0.623 bits per heavy atom. The van der Waals surface area contributed by atoms with E-state index in [0.717, 1.165) is 55.3 Å². The summed E-state index contributed by atoms with van der Waals surface area (Å²) >= 11 is 0. The zero-order valence-corrected chi connectivity index (χ0v) is 33.0. The first-order valence-electron chi connectivity index (χ1n) is 19.2. The van der Waals surface area contributed by atoms with Crippen LogP contribution in [0.4, 0.5) is 49.1 Å². The smallest absolute Gasteiger partial charge is 0.416 e. The minimum absolute atomic E-state index is 0.116. The number of carbonyl (C=O) groups is 2. The standard InChI is InChI=1S/C23H26F3N3O4.C18H16F3N3O4/c1-3-19(4-2)33-21-10-9-18(29(31)32)15-20(21)22(30)28-13-11-27(12-14-28)17-7-5-16(6-8-17)23(24,25)26;19-18(20,21)12-1-3-13(4-2-12)22-7-9-23(10-8-22)17(26)15-11-14(24(27)28)5-6-16(15)25/h5-10,15,19H,3-4,11-14H2,1-2H3;1-6,11,25H,7-10H2. The van der Waals surface area contributed by atoms with Crippen molar-refractivity contribution in [3.63, 3.8) is 0 Å². The summed E-state index contributed by atoms with van der Waals surface area (Å²) in [5, 5.41) is 32.0. The Morgan fingerprint density at radius 3 is 1.38 bits per heavy atom. The Hall–Kier alpha value is -6.60. The molecule has 0 bridgehead atoms. The predicted molar refractivity (Wildman–Crippen MR) is 212 cm³/mol. The normalized spacial score (nSPS) is 14.6. The Kier molecular flexibility index (Phi) is 14.3. The van der Waals surface area contributed by atoms with Crippen molar-refractivity contribution >= 4 is 34.6 Å². The minimum Gasteiger partial charge on any atom is -0.507 e. The first-order valence-corrected chi connectivity index (χ1v) is 19.2. The van der Waals surface area contributed by atoms with Gasteiger partial charge in [0, 0.05) is 88.0 Å². The molecule has 2 fully saturated rings. The molecule has 6 rings (SSSR count). The Morgan fingerprint density at radius 2 is 1.00 bits per heavy atom. The molecule has 0 aliphatic carbocycles. The number of benzene rings is 4. The first-order chi connectivity index (χ1) is 28.8. The van der Waals surface area contributed by atoms with Crippen molar-refractivity contribution in [3.05, 3.63) is 127 Å². The van der Waals surface area contributed by atoms with Gasteiger partial charge in [-0.3, -0.25) is 29.8 Å². The summed E-state index contributed by atoms with van der Waals surface area (Å²) in [6.45, 7) is 6.72. The van der Waals surface area contributed by atoms with Crippen LogP contribution in [0.2, 0.25) is 0 Å². The monoisotopic (exact) mass is 860 g/mol. The Balaban J connectivity index is 0.000000234. The van der Waals surface area contributed by atoms with E-state index >= 15 is 0 Å². The maximum Gasteiger partial charge on any atom is 0.416 e. The van der Waals surface area contributed by atoms with Crippen molar-refractivity contribution in [3.8, 4) is 11.5 Å². The van der Waals surface area contributed by atoms with E-state index in [1.807, 2.05) is 23.6 Å². The number of phenols is 1. The fourth-order valence-corrected chi connectivity index (χ4v) is 6.74. The van der Waals surface area contributed by atoms with Gasteiger partial charge in [0.05, 0.1) is 38.2 Å². The molecule has 2 heterocycles. The molecule has 2 saturated heterocycles. The van der Waals surface area contributed by atoms with Gasteiger partial charge in [-0.05, 0) is 73.5 Å². The molecule has 2 aliphatic heterocycles. The van der Waals surface area contributed by atoms with Crippen molar-refractivity contribution in [1.29, 1.82) is 0 Å². The van der Waals surface area contributed by atoms with Gasteiger partial charge in [-0.15, -0.1) is 0 Å². The number of alkyl halides is 6. The lowest BCUT2D eigenvalue weighted by Gasteiger charge is -2.36. The van der Waals surface area contributed by atoms with E-state index in [2.05, 4.69) is 0 Å². The van der Waals surface area contributed by atoms with Gasteiger partial charge in [0.25, 0.3) is 23.2 Å². The van der Waals surface area contributed by atoms with E-state index in [9.17, 15) is 61.3 Å². The van der Waals surface area contributed by atoms with Gasteiger partial charge in [-0.25, -0.2) is 0 Å². The molecule has 2 amide bonds. The molecule has 0 atom stereocenters. The number of piperazine rings is 2. The maximum absolute atomic E-state index is 13.2. The molecule has 4 aromatic rings. The van der Waals surface area contributed by atoms with Gasteiger partial charge in [0.2, 0.25) is 0 Å². The molecular formula is C41H42F6N6O8. The summed E-state index contributed by atoms with van der Waals surface area (Å²) in [4.78, 5) is 53.5. The van der Waals surface area contributed by atoms with Crippen LogP contribution in [-0.4, -0.2) is 95.0 Å². The highest BCUT2D eigenvalue weighted by atomic mass is 19.4. The molecule has 61 heavy (non-hydrogen) atoms. The SMILES string of the molecule is CCC(CC)Oc1ccc([N+](=O)[O-])cc1C(=O)N1CCN(c2ccc(C(F)(F)F)cc2)CC1.O=C(c1cc([N+](=O)[O-])ccc1O)N1CCN(c2ccc(C(F)(F)F)cc2)CC1. The number of halogens is 6. The summed E-state index contributed by atoms with van der Waals surface area (Å²) in [5.41, 5.74) is -0.706. The molecule has 4 aromatic carbocycles. The molecule has 326 valence electrons. The van der Waals surface area contributed by atoms with Crippen LogP contribution in [0.5, 0.6) is 11.5 Å². The number of non-ortho nitro benzene ring substituents is 2. The molecular weight excluding hydrogens is 818 g/mol. The molecule has 0 aromatic heterocycles. The molecule has 0 unspecified atom stereocenters. The van der Waals surface area contributed by atoms with Crippen molar-refractivity contribution in [1.82, 2.24) is 9.80 Å². The summed E-state index contributed by atoms with van der Waals surface area (Å²) in [7, 11) is 0. The second-order valence-corrected chi connectivity index (χ2v) is 14.1. The number of nitrogens with zero attached hydrogens (tertiary/aromatic N) is 6. The average molecular weight is 861 g/mol. The summed E-state index contributed by atoms with van der Waals surface area (Å²) in [6.07, 6.45) is -7.45. The third-order valence-corrected chi connectivity index (χ3v) is 10.3. The number of rotatable bonds is 10. The fourth-order valence-electron chi connectivity index (χ4n) is 6.74. The molecule has 0 radical (unpaired) electrons. The minimum atomic E-state index is -4.40. The molecule has 14 nitrogen and oxygen atoms in total. The Bertz CT molecular complexity index is 2190. The van der Waals surface area contributed by atoms with E-state index in [1.54, 1.807) is 4.90 Å². The lowest BCUT2D eigenvalue weighted by atomic mass is 10.1. The first kappa shape index (κ1) is 45.5. The molecule has 0 spiro atoms.